The summed E-state index contributed by atoms with van der Waals surface area (Å²) >= 11 is 0. The summed E-state index contributed by atoms with van der Waals surface area (Å²) in [6.07, 6.45) is 2.13. The number of nitriles is 1. The standard InChI is InChI=1S/C19H26N8.HI/c1-14-24-25-18(26(14)3)12-22-19(21-2)23-16-8-6-10-27(13-16)17-9-5-4-7-15(17)11-20;/h4-5,7,9,16H,6,8,10,12-13H2,1-3H3,(H2,21,22,23);1H. The molecular weight excluding hydrogens is 467 g/mol. The fourth-order valence-electron chi connectivity index (χ4n) is 3.31. The Hall–Kier alpha value is -2.35. The number of hydrogen-bond acceptors (Lipinski definition) is 5. The van der Waals surface area contributed by atoms with Crippen molar-refractivity contribution in [3.63, 3.8) is 0 Å². The lowest BCUT2D eigenvalue weighted by Gasteiger charge is -2.35. The van der Waals surface area contributed by atoms with Gasteiger partial charge in [0.1, 0.15) is 11.9 Å². The molecule has 1 saturated heterocycles. The van der Waals surface area contributed by atoms with Gasteiger partial charge in [0.25, 0.3) is 0 Å². The van der Waals surface area contributed by atoms with Crippen LogP contribution in [0.4, 0.5) is 5.69 Å². The summed E-state index contributed by atoms with van der Waals surface area (Å²) in [6.45, 7) is 4.29. The van der Waals surface area contributed by atoms with Gasteiger partial charge in [0.2, 0.25) is 0 Å². The minimum Gasteiger partial charge on any atom is -0.368 e. The van der Waals surface area contributed by atoms with Gasteiger partial charge in [-0.2, -0.15) is 5.26 Å². The van der Waals surface area contributed by atoms with Crippen molar-refractivity contribution in [2.24, 2.45) is 12.0 Å². The van der Waals surface area contributed by atoms with Crippen molar-refractivity contribution < 1.29 is 0 Å². The van der Waals surface area contributed by atoms with Crippen LogP contribution in [-0.4, -0.2) is 46.9 Å². The number of nitrogens with one attached hydrogen (secondary N) is 2. The first-order valence-corrected chi connectivity index (χ1v) is 9.18. The Bertz CT molecular complexity index is 854. The molecule has 1 aromatic carbocycles. The van der Waals surface area contributed by atoms with Gasteiger partial charge in [0, 0.05) is 33.2 Å². The molecule has 0 radical (unpaired) electrons. The van der Waals surface area contributed by atoms with Crippen molar-refractivity contribution >= 4 is 35.6 Å². The number of benzene rings is 1. The van der Waals surface area contributed by atoms with Gasteiger partial charge in [-0.25, -0.2) is 0 Å². The molecule has 1 aliphatic rings. The van der Waals surface area contributed by atoms with Gasteiger partial charge in [-0.3, -0.25) is 4.99 Å². The van der Waals surface area contributed by atoms with E-state index in [9.17, 15) is 5.26 Å². The minimum atomic E-state index is 0. The van der Waals surface area contributed by atoms with Crippen molar-refractivity contribution in [1.29, 1.82) is 5.26 Å². The van der Waals surface area contributed by atoms with E-state index in [0.717, 1.165) is 54.8 Å². The van der Waals surface area contributed by atoms with E-state index in [4.69, 9.17) is 0 Å². The molecule has 2 heterocycles. The van der Waals surface area contributed by atoms with Gasteiger partial charge in [-0.1, -0.05) is 12.1 Å². The highest BCUT2D eigenvalue weighted by Crippen LogP contribution is 2.23. The third-order valence-corrected chi connectivity index (χ3v) is 4.95. The third-order valence-electron chi connectivity index (χ3n) is 4.95. The molecule has 0 amide bonds. The average molecular weight is 494 g/mol. The van der Waals surface area contributed by atoms with Crippen LogP contribution in [-0.2, 0) is 13.6 Å². The SMILES string of the molecule is CN=C(NCc1nnc(C)n1C)NC1CCCN(c2ccccc2C#N)C1.I. The van der Waals surface area contributed by atoms with E-state index in [0.29, 0.717) is 6.54 Å². The predicted octanol–water partition coefficient (Wildman–Crippen LogP) is 1.95. The van der Waals surface area contributed by atoms with E-state index in [1.54, 1.807) is 7.05 Å². The van der Waals surface area contributed by atoms with Crippen LogP contribution in [0.2, 0.25) is 0 Å². The maximum atomic E-state index is 9.37. The molecule has 0 bridgehead atoms. The van der Waals surface area contributed by atoms with Crippen molar-refractivity contribution in [3.05, 3.63) is 41.5 Å². The van der Waals surface area contributed by atoms with Gasteiger partial charge < -0.3 is 20.1 Å². The van der Waals surface area contributed by atoms with E-state index in [2.05, 4.69) is 36.8 Å². The Morgan fingerprint density at radius 1 is 1.36 bits per heavy atom. The highest BCUT2D eigenvalue weighted by Gasteiger charge is 2.22. The Labute approximate surface area is 183 Å². The number of halogens is 1. The first kappa shape index (κ1) is 21.9. The second kappa shape index (κ2) is 10.3. The number of anilines is 1. The summed E-state index contributed by atoms with van der Waals surface area (Å²) in [7, 11) is 3.72. The number of piperidine rings is 1. The van der Waals surface area contributed by atoms with Crippen LogP contribution in [0.3, 0.4) is 0 Å². The third kappa shape index (κ3) is 5.13. The van der Waals surface area contributed by atoms with E-state index in [-0.39, 0.29) is 30.0 Å². The molecule has 3 rings (SSSR count). The quantitative estimate of drug-likeness (QED) is 0.384. The summed E-state index contributed by atoms with van der Waals surface area (Å²) < 4.78 is 1.96. The molecule has 150 valence electrons. The number of para-hydroxylation sites is 1. The lowest BCUT2D eigenvalue weighted by Crippen LogP contribution is -2.51. The van der Waals surface area contributed by atoms with Crippen LogP contribution in [0, 0.1) is 18.3 Å². The lowest BCUT2D eigenvalue weighted by atomic mass is 10.0. The Morgan fingerprint density at radius 3 is 2.82 bits per heavy atom. The van der Waals surface area contributed by atoms with Gasteiger partial charge in [-0.15, -0.1) is 34.2 Å². The van der Waals surface area contributed by atoms with Crippen LogP contribution < -0.4 is 15.5 Å². The van der Waals surface area contributed by atoms with E-state index in [1.807, 2.05) is 42.8 Å². The van der Waals surface area contributed by atoms with Crippen molar-refractivity contribution in [2.75, 3.05) is 25.0 Å². The molecule has 0 aliphatic carbocycles. The molecule has 1 aliphatic heterocycles. The van der Waals surface area contributed by atoms with Crippen LogP contribution in [0.1, 0.15) is 30.1 Å². The number of guanidine groups is 1. The van der Waals surface area contributed by atoms with Gasteiger partial charge in [0.15, 0.2) is 11.8 Å². The number of nitrogens with zero attached hydrogens (tertiary/aromatic N) is 6. The first-order chi connectivity index (χ1) is 13.1. The van der Waals surface area contributed by atoms with Gasteiger partial charge in [-0.05, 0) is 31.9 Å². The number of rotatable bonds is 4. The largest absolute Gasteiger partial charge is 0.368 e. The normalized spacial score (nSPS) is 16.9. The van der Waals surface area contributed by atoms with Crippen LogP contribution in [0.15, 0.2) is 29.3 Å². The fraction of sp³-hybridized carbons (Fsp3) is 0.474. The van der Waals surface area contributed by atoms with E-state index in [1.165, 1.54) is 0 Å². The molecule has 8 nitrogen and oxygen atoms in total. The maximum absolute atomic E-state index is 9.37. The number of hydrogen-bond donors (Lipinski definition) is 2. The Kier molecular flexibility index (Phi) is 8.04. The van der Waals surface area contributed by atoms with Gasteiger partial charge >= 0.3 is 0 Å². The van der Waals surface area contributed by atoms with Crippen molar-refractivity contribution in [3.8, 4) is 6.07 Å². The molecule has 2 aromatic rings. The van der Waals surface area contributed by atoms with Crippen LogP contribution in [0.25, 0.3) is 0 Å². The molecule has 1 aromatic heterocycles. The Balaban J connectivity index is 0.00000280. The number of aryl methyl sites for hydroxylation is 1. The number of aromatic nitrogens is 3. The van der Waals surface area contributed by atoms with Crippen LogP contribution in [0.5, 0.6) is 0 Å². The molecule has 9 heteroatoms. The summed E-state index contributed by atoms with van der Waals surface area (Å²) in [4.78, 5) is 6.61. The predicted molar refractivity (Wildman–Crippen MR) is 121 cm³/mol. The lowest BCUT2D eigenvalue weighted by molar-refractivity contribution is 0.467. The molecule has 0 saturated carbocycles. The zero-order chi connectivity index (χ0) is 19.2. The molecule has 1 fully saturated rings. The fourth-order valence-corrected chi connectivity index (χ4v) is 3.31. The smallest absolute Gasteiger partial charge is 0.191 e. The maximum Gasteiger partial charge on any atom is 0.191 e. The highest BCUT2D eigenvalue weighted by atomic mass is 127. The topological polar surface area (TPSA) is 94.2 Å². The monoisotopic (exact) mass is 494 g/mol. The first-order valence-electron chi connectivity index (χ1n) is 9.18. The highest BCUT2D eigenvalue weighted by molar-refractivity contribution is 14.0. The second-order valence-electron chi connectivity index (χ2n) is 6.71. The number of aliphatic imine (C=N–C) groups is 1. The average Bonchev–Trinajstić information content (AvgIpc) is 3.03. The summed E-state index contributed by atoms with van der Waals surface area (Å²) in [5.41, 5.74) is 1.72. The zero-order valence-corrected chi connectivity index (χ0v) is 18.8. The van der Waals surface area contributed by atoms with Crippen molar-refractivity contribution in [1.82, 2.24) is 25.4 Å². The second-order valence-corrected chi connectivity index (χ2v) is 6.71. The molecule has 0 spiro atoms. The molecular formula is C19H27IN8. The summed E-state index contributed by atoms with van der Waals surface area (Å²) in [5, 5.41) is 24.4. The Morgan fingerprint density at radius 2 is 2.14 bits per heavy atom. The minimum absolute atomic E-state index is 0. The summed E-state index contributed by atoms with van der Waals surface area (Å²) in [5.74, 6) is 2.49. The van der Waals surface area contributed by atoms with Gasteiger partial charge in [0.05, 0.1) is 17.8 Å². The van der Waals surface area contributed by atoms with Crippen molar-refractivity contribution in [2.45, 2.75) is 32.4 Å². The van der Waals surface area contributed by atoms with Crippen LogP contribution >= 0.6 is 24.0 Å². The molecule has 1 atom stereocenters. The molecule has 28 heavy (non-hydrogen) atoms. The van der Waals surface area contributed by atoms with E-state index < -0.39 is 0 Å². The molecule has 2 N–H and O–H groups in total. The molecule has 1 unspecified atom stereocenters. The summed E-state index contributed by atoms with van der Waals surface area (Å²) in [6, 6.07) is 10.3. The zero-order valence-electron chi connectivity index (χ0n) is 16.5. The van der Waals surface area contributed by atoms with E-state index >= 15 is 0 Å².